The van der Waals surface area contributed by atoms with E-state index < -0.39 is 0 Å². The summed E-state index contributed by atoms with van der Waals surface area (Å²) in [5.41, 5.74) is 10.3. The molecule has 244 valence electrons. The van der Waals surface area contributed by atoms with Gasteiger partial charge < -0.3 is 0 Å². The van der Waals surface area contributed by atoms with Crippen molar-refractivity contribution < 1.29 is 0 Å². The van der Waals surface area contributed by atoms with E-state index in [1.54, 1.807) is 0 Å². The van der Waals surface area contributed by atoms with Gasteiger partial charge in [-0.15, -0.1) is 0 Å². The van der Waals surface area contributed by atoms with Gasteiger partial charge >= 0.3 is 0 Å². The van der Waals surface area contributed by atoms with Crippen molar-refractivity contribution in [3.8, 4) is 22.8 Å². The minimum atomic E-state index is -0.0565. The average molecular weight is 632 g/mol. The number of allylic oxidation sites excluding steroid dienone is 7. The number of rotatable bonds is 6. The largest absolute Gasteiger partial charge is 0.208 e. The normalized spacial score (nSPS) is 21.0. The quantitative estimate of drug-likeness (QED) is 0.199. The Morgan fingerprint density at radius 2 is 1.46 bits per heavy atom. The van der Waals surface area contributed by atoms with Crippen LogP contribution in [0.5, 0.6) is 0 Å². The van der Waals surface area contributed by atoms with Crippen LogP contribution in [0.3, 0.4) is 0 Å². The van der Waals surface area contributed by atoms with Crippen molar-refractivity contribution >= 4 is 11.6 Å². The molecule has 0 N–H and O–H groups in total. The number of aryl methyl sites for hydroxylation is 3. The summed E-state index contributed by atoms with van der Waals surface area (Å²) < 4.78 is 0. The third-order valence-electron chi connectivity index (χ3n) is 9.76. The van der Waals surface area contributed by atoms with Crippen molar-refractivity contribution in [3.05, 3.63) is 161 Å². The highest BCUT2D eigenvalue weighted by Crippen LogP contribution is 2.43. The molecule has 5 rings (SSSR count). The first-order chi connectivity index (χ1) is 23.1. The summed E-state index contributed by atoms with van der Waals surface area (Å²) in [5, 5.41) is 0. The Bertz CT molecular complexity index is 1960. The lowest BCUT2D eigenvalue weighted by atomic mass is 9.67. The van der Waals surface area contributed by atoms with Gasteiger partial charge in [0.1, 0.15) is 0 Å². The summed E-state index contributed by atoms with van der Waals surface area (Å²) in [6, 6.07) is 30.0. The van der Waals surface area contributed by atoms with Crippen LogP contribution >= 0.6 is 0 Å². The van der Waals surface area contributed by atoms with Gasteiger partial charge in [-0.3, -0.25) is 0 Å². The predicted molar refractivity (Wildman–Crippen MR) is 205 cm³/mol. The molecular formula is C45H49N3. The molecule has 1 aromatic heterocycles. The van der Waals surface area contributed by atoms with Gasteiger partial charge in [-0.2, -0.15) is 0 Å². The lowest BCUT2D eigenvalue weighted by Crippen LogP contribution is -2.30. The summed E-state index contributed by atoms with van der Waals surface area (Å²) in [6.45, 7) is 17.8. The summed E-state index contributed by atoms with van der Waals surface area (Å²) in [5.74, 6) is 2.47. The van der Waals surface area contributed by atoms with Gasteiger partial charge in [-0.05, 0) is 85.8 Å². The van der Waals surface area contributed by atoms with E-state index in [1.165, 1.54) is 16.7 Å². The van der Waals surface area contributed by atoms with Crippen molar-refractivity contribution in [3.63, 3.8) is 0 Å². The Morgan fingerprint density at radius 3 is 2.23 bits per heavy atom. The standard InChI is InChI=1S/C45H49N3/c1-9-11-15-19-36-24-22-34(6)40(30-36)44-47-42(37-20-17-14-12-13-16-18-31(3)27-37)46-43(48-44)38-25-23-33(5)39-26-21-32(4)28-41(39)45(8,10-2)35(7)29-38/h9,11-30,33,35H,10H2,1-8H3/b11-9-,13-12?,14-12?,16-13?,17-14?,18-16?,19-15-,20-17?,25-23-,31-18?,31-27?,37-20?,37-27?,38-29+. The number of aromatic nitrogens is 3. The van der Waals surface area contributed by atoms with Crippen molar-refractivity contribution in [2.45, 2.75) is 73.1 Å². The minimum Gasteiger partial charge on any atom is -0.208 e. The summed E-state index contributed by atoms with van der Waals surface area (Å²) >= 11 is 0. The lowest BCUT2D eigenvalue weighted by Gasteiger charge is -2.36. The number of benzene rings is 2. The van der Waals surface area contributed by atoms with Crippen molar-refractivity contribution in [1.82, 2.24) is 15.0 Å². The highest BCUT2D eigenvalue weighted by Gasteiger charge is 2.34. The zero-order valence-corrected chi connectivity index (χ0v) is 29.8. The van der Waals surface area contributed by atoms with Gasteiger partial charge in [0.15, 0.2) is 17.5 Å². The number of fused-ring (bicyclic) bond motifs is 1. The minimum absolute atomic E-state index is 0.0565. The zero-order chi connectivity index (χ0) is 34.3. The molecule has 0 spiro atoms. The van der Waals surface area contributed by atoms with E-state index in [0.717, 1.165) is 39.8 Å². The fourth-order valence-corrected chi connectivity index (χ4v) is 6.39. The highest BCUT2D eigenvalue weighted by molar-refractivity contribution is 5.75. The fourth-order valence-electron chi connectivity index (χ4n) is 6.39. The molecule has 3 atom stereocenters. The first kappa shape index (κ1) is 34.4. The van der Waals surface area contributed by atoms with Crippen LogP contribution in [0.2, 0.25) is 0 Å². The van der Waals surface area contributed by atoms with Gasteiger partial charge in [0.25, 0.3) is 0 Å². The highest BCUT2D eigenvalue weighted by atomic mass is 15.0. The molecule has 0 saturated carbocycles. The van der Waals surface area contributed by atoms with E-state index in [2.05, 4.69) is 140 Å². The van der Waals surface area contributed by atoms with Crippen LogP contribution in [0.25, 0.3) is 34.4 Å². The summed E-state index contributed by atoms with van der Waals surface area (Å²) in [4.78, 5) is 15.6. The molecule has 1 aliphatic carbocycles. The second kappa shape index (κ2) is 15.3. The average Bonchev–Trinajstić information content (AvgIpc) is 3.12. The zero-order valence-electron chi connectivity index (χ0n) is 29.8. The molecule has 3 unspecified atom stereocenters. The maximum atomic E-state index is 5.24. The van der Waals surface area contributed by atoms with Crippen molar-refractivity contribution in [2.24, 2.45) is 5.92 Å². The van der Waals surface area contributed by atoms with E-state index >= 15 is 0 Å². The maximum Gasteiger partial charge on any atom is 0.164 e. The van der Waals surface area contributed by atoms with Gasteiger partial charge in [-0.1, -0.05) is 154 Å². The van der Waals surface area contributed by atoms with E-state index in [9.17, 15) is 0 Å². The van der Waals surface area contributed by atoms with Crippen LogP contribution in [-0.4, -0.2) is 15.0 Å². The molecular weight excluding hydrogens is 583 g/mol. The molecule has 4 aromatic rings. The van der Waals surface area contributed by atoms with Crippen LogP contribution in [0.1, 0.15) is 86.2 Å². The second-order valence-electron chi connectivity index (χ2n) is 13.3. The third kappa shape index (κ3) is 7.80. The summed E-state index contributed by atoms with van der Waals surface area (Å²) in [7, 11) is 0. The Morgan fingerprint density at radius 1 is 0.750 bits per heavy atom. The second-order valence-corrected chi connectivity index (χ2v) is 13.3. The van der Waals surface area contributed by atoms with Crippen molar-refractivity contribution in [1.29, 1.82) is 0 Å². The topological polar surface area (TPSA) is 38.7 Å². The molecule has 0 bridgehead atoms. The molecule has 0 saturated heterocycles. The molecule has 1 heterocycles. The molecule has 0 amide bonds. The van der Waals surface area contributed by atoms with E-state index in [-0.39, 0.29) is 17.3 Å². The molecule has 0 radical (unpaired) electrons. The van der Waals surface area contributed by atoms with Crippen LogP contribution in [0, 0.1) is 26.7 Å². The molecule has 0 aliphatic heterocycles. The van der Waals surface area contributed by atoms with E-state index in [1.807, 2.05) is 43.3 Å². The SMILES string of the molecule is C/C=C\C=C/c1ccc(C)c(-c2nc(C3=C/C(C)C(C)(CC)c4cc(C)ccc4C(C)/C=C\3)nc(-c3cccccccc(C)c3)n2)c1. The Balaban J connectivity index is 1.78. The third-order valence-corrected chi connectivity index (χ3v) is 9.76. The van der Waals surface area contributed by atoms with E-state index in [0.29, 0.717) is 17.5 Å². The van der Waals surface area contributed by atoms with Crippen LogP contribution in [0.4, 0.5) is 0 Å². The monoisotopic (exact) mass is 631 g/mol. The Labute approximate surface area is 288 Å². The van der Waals surface area contributed by atoms with Gasteiger partial charge in [0, 0.05) is 16.7 Å². The van der Waals surface area contributed by atoms with Gasteiger partial charge in [-0.25, -0.2) is 15.0 Å². The molecule has 1 aliphatic rings. The van der Waals surface area contributed by atoms with Crippen molar-refractivity contribution in [2.75, 3.05) is 0 Å². The molecule has 0 fully saturated rings. The van der Waals surface area contributed by atoms with Gasteiger partial charge in [0.05, 0.1) is 0 Å². The first-order valence-electron chi connectivity index (χ1n) is 17.2. The van der Waals surface area contributed by atoms with Gasteiger partial charge in [0.2, 0.25) is 0 Å². The van der Waals surface area contributed by atoms with Crippen LogP contribution in [-0.2, 0) is 5.41 Å². The van der Waals surface area contributed by atoms with Crippen LogP contribution < -0.4 is 0 Å². The Kier molecular flexibility index (Phi) is 11.0. The summed E-state index contributed by atoms with van der Waals surface area (Å²) in [6.07, 6.45) is 16.2. The number of hydrogen-bond acceptors (Lipinski definition) is 3. The lowest BCUT2D eigenvalue weighted by molar-refractivity contribution is 0.355. The fraction of sp³-hybridized carbons (Fsp3) is 0.267. The van der Waals surface area contributed by atoms with E-state index in [4.69, 9.17) is 15.0 Å². The number of nitrogens with zero attached hydrogens (tertiary/aromatic N) is 3. The number of hydrogen-bond donors (Lipinski definition) is 0. The maximum absolute atomic E-state index is 5.24. The first-order valence-corrected chi connectivity index (χ1v) is 17.2. The molecule has 3 heteroatoms. The molecule has 48 heavy (non-hydrogen) atoms. The van der Waals surface area contributed by atoms with Crippen LogP contribution in [0.15, 0.2) is 121 Å². The predicted octanol–water partition coefficient (Wildman–Crippen LogP) is 11.9. The molecule has 3 aromatic carbocycles. The smallest absolute Gasteiger partial charge is 0.164 e. The molecule has 3 nitrogen and oxygen atoms in total. The Hall–Kier alpha value is -4.89.